The van der Waals surface area contributed by atoms with Crippen molar-refractivity contribution in [2.45, 2.75) is 59.3 Å². The highest BCUT2D eigenvalue weighted by atomic mass is 15.3. The molecule has 0 bridgehead atoms. The van der Waals surface area contributed by atoms with Crippen molar-refractivity contribution in [3.05, 3.63) is 30.4 Å². The van der Waals surface area contributed by atoms with Crippen LogP contribution in [-0.2, 0) is 26.1 Å². The molecule has 0 saturated heterocycles. The number of nitrogens with zero attached hydrogens (tertiary/aromatic N) is 5. The predicted octanol–water partition coefficient (Wildman–Crippen LogP) is 1.63. The molecule has 0 aromatic carbocycles. The molecule has 2 aromatic heterocycles. The van der Waals surface area contributed by atoms with Crippen LogP contribution in [0.1, 0.15) is 38.8 Å². The predicted molar refractivity (Wildman–Crippen MR) is 78.2 cm³/mol. The number of nitrogens with one attached hydrogen (secondary N) is 1. The van der Waals surface area contributed by atoms with E-state index in [2.05, 4.69) is 50.4 Å². The van der Waals surface area contributed by atoms with Crippen molar-refractivity contribution in [2.24, 2.45) is 0 Å². The topological polar surface area (TPSA) is 60.6 Å². The molecule has 2 aromatic rings. The van der Waals surface area contributed by atoms with Crippen LogP contribution in [0.4, 0.5) is 0 Å². The maximum Gasteiger partial charge on any atom is 0.146 e. The Labute approximate surface area is 120 Å². The maximum atomic E-state index is 4.34. The molecular formula is C14H24N6. The van der Waals surface area contributed by atoms with Crippen LogP contribution in [0.2, 0.25) is 0 Å². The minimum atomic E-state index is 0.362. The highest BCUT2D eigenvalue weighted by molar-refractivity contribution is 4.93. The van der Waals surface area contributed by atoms with E-state index in [1.807, 2.05) is 12.4 Å². The first kappa shape index (κ1) is 14.7. The van der Waals surface area contributed by atoms with Crippen LogP contribution in [0, 0.1) is 0 Å². The summed E-state index contributed by atoms with van der Waals surface area (Å²) in [7, 11) is 0. The summed E-state index contributed by atoms with van der Waals surface area (Å²) >= 11 is 0. The number of hydrogen-bond donors (Lipinski definition) is 1. The summed E-state index contributed by atoms with van der Waals surface area (Å²) in [5, 5.41) is 11.6. The number of rotatable bonds is 8. The number of hydrogen-bond acceptors (Lipinski definition) is 4. The summed E-state index contributed by atoms with van der Waals surface area (Å²) in [6, 6.07) is 0.362. The molecule has 2 rings (SSSR count). The van der Waals surface area contributed by atoms with Gasteiger partial charge in [0.25, 0.3) is 0 Å². The number of imidazole rings is 1. The SMILES string of the molecule is CCCn1cnnc1CNC(C)Cn1ccnc1CC. The molecule has 110 valence electrons. The maximum absolute atomic E-state index is 4.34. The molecule has 1 unspecified atom stereocenters. The molecule has 0 saturated carbocycles. The molecule has 1 N–H and O–H groups in total. The fraction of sp³-hybridized carbons (Fsp3) is 0.643. The standard InChI is InChI=1S/C14H24N6/c1-4-7-20-11-17-18-14(20)9-16-12(3)10-19-8-6-15-13(19)5-2/h6,8,11-12,16H,4-5,7,9-10H2,1-3H3. The van der Waals surface area contributed by atoms with Crippen molar-refractivity contribution >= 4 is 0 Å². The monoisotopic (exact) mass is 276 g/mol. The molecule has 0 amide bonds. The Bertz CT molecular complexity index is 515. The third-order valence-corrected chi connectivity index (χ3v) is 3.36. The zero-order chi connectivity index (χ0) is 14.4. The first-order valence-corrected chi connectivity index (χ1v) is 7.34. The molecule has 2 heterocycles. The van der Waals surface area contributed by atoms with Gasteiger partial charge in [0.2, 0.25) is 0 Å². The molecule has 0 fully saturated rings. The summed E-state index contributed by atoms with van der Waals surface area (Å²) in [6.45, 7) is 9.11. The molecule has 1 atom stereocenters. The lowest BCUT2D eigenvalue weighted by Crippen LogP contribution is -2.31. The zero-order valence-corrected chi connectivity index (χ0v) is 12.6. The van der Waals surface area contributed by atoms with Crippen LogP contribution < -0.4 is 5.32 Å². The molecule has 0 radical (unpaired) electrons. The minimum absolute atomic E-state index is 0.362. The normalized spacial score (nSPS) is 12.8. The zero-order valence-electron chi connectivity index (χ0n) is 12.6. The lowest BCUT2D eigenvalue weighted by Gasteiger charge is -2.16. The van der Waals surface area contributed by atoms with Crippen molar-refractivity contribution in [3.8, 4) is 0 Å². The fourth-order valence-electron chi connectivity index (χ4n) is 2.29. The van der Waals surface area contributed by atoms with Crippen LogP contribution >= 0.6 is 0 Å². The summed E-state index contributed by atoms with van der Waals surface area (Å²) < 4.78 is 4.31. The molecule has 6 heteroatoms. The lowest BCUT2D eigenvalue weighted by molar-refractivity contribution is 0.453. The second kappa shape index (κ2) is 7.19. The molecular weight excluding hydrogens is 252 g/mol. The first-order valence-electron chi connectivity index (χ1n) is 7.34. The van der Waals surface area contributed by atoms with Crippen LogP contribution in [0.5, 0.6) is 0 Å². The van der Waals surface area contributed by atoms with E-state index in [9.17, 15) is 0 Å². The fourth-order valence-corrected chi connectivity index (χ4v) is 2.29. The third-order valence-electron chi connectivity index (χ3n) is 3.36. The average Bonchev–Trinajstić information content (AvgIpc) is 3.06. The van der Waals surface area contributed by atoms with E-state index in [1.54, 1.807) is 6.33 Å². The summed E-state index contributed by atoms with van der Waals surface area (Å²) in [6.07, 6.45) is 7.76. The molecule has 20 heavy (non-hydrogen) atoms. The lowest BCUT2D eigenvalue weighted by atomic mass is 10.3. The largest absolute Gasteiger partial charge is 0.333 e. The Morgan fingerprint density at radius 3 is 2.85 bits per heavy atom. The Balaban J connectivity index is 1.86. The van der Waals surface area contributed by atoms with Gasteiger partial charge in [-0.15, -0.1) is 10.2 Å². The summed E-state index contributed by atoms with van der Waals surface area (Å²) in [5.74, 6) is 2.13. The van der Waals surface area contributed by atoms with Crippen molar-refractivity contribution in [1.82, 2.24) is 29.6 Å². The molecule has 0 aliphatic carbocycles. The van der Waals surface area contributed by atoms with Crippen molar-refractivity contribution < 1.29 is 0 Å². The van der Waals surface area contributed by atoms with Gasteiger partial charge in [-0.05, 0) is 13.3 Å². The highest BCUT2D eigenvalue weighted by Crippen LogP contribution is 2.02. The van der Waals surface area contributed by atoms with Gasteiger partial charge in [-0.25, -0.2) is 4.98 Å². The van der Waals surface area contributed by atoms with Gasteiger partial charge in [0, 0.05) is 37.9 Å². The van der Waals surface area contributed by atoms with Crippen LogP contribution in [0.25, 0.3) is 0 Å². The van der Waals surface area contributed by atoms with E-state index in [0.29, 0.717) is 6.04 Å². The van der Waals surface area contributed by atoms with Crippen LogP contribution in [-0.4, -0.2) is 30.4 Å². The quantitative estimate of drug-likeness (QED) is 0.796. The Morgan fingerprint density at radius 2 is 2.10 bits per heavy atom. The Morgan fingerprint density at radius 1 is 1.25 bits per heavy atom. The Hall–Kier alpha value is -1.69. The van der Waals surface area contributed by atoms with Crippen LogP contribution in [0.3, 0.4) is 0 Å². The third kappa shape index (κ3) is 3.66. The second-order valence-electron chi connectivity index (χ2n) is 5.07. The van der Waals surface area contributed by atoms with Gasteiger partial charge in [-0.3, -0.25) is 0 Å². The number of aryl methyl sites for hydroxylation is 2. The highest BCUT2D eigenvalue weighted by Gasteiger charge is 2.08. The molecule has 6 nitrogen and oxygen atoms in total. The van der Waals surface area contributed by atoms with Gasteiger partial charge in [-0.2, -0.15) is 0 Å². The van der Waals surface area contributed by atoms with Gasteiger partial charge in [0.1, 0.15) is 18.0 Å². The molecule has 0 aliphatic rings. The van der Waals surface area contributed by atoms with Crippen LogP contribution in [0.15, 0.2) is 18.7 Å². The van der Waals surface area contributed by atoms with E-state index >= 15 is 0 Å². The van der Waals surface area contributed by atoms with Gasteiger partial charge < -0.3 is 14.5 Å². The Kier molecular flexibility index (Phi) is 5.29. The molecule has 0 spiro atoms. The smallest absolute Gasteiger partial charge is 0.146 e. The van der Waals surface area contributed by atoms with E-state index in [1.165, 1.54) is 0 Å². The van der Waals surface area contributed by atoms with Crippen molar-refractivity contribution in [3.63, 3.8) is 0 Å². The van der Waals surface area contributed by atoms with Crippen molar-refractivity contribution in [2.75, 3.05) is 0 Å². The van der Waals surface area contributed by atoms with Gasteiger partial charge in [-0.1, -0.05) is 13.8 Å². The number of aromatic nitrogens is 5. The van der Waals surface area contributed by atoms with Gasteiger partial charge >= 0.3 is 0 Å². The van der Waals surface area contributed by atoms with Crippen molar-refractivity contribution in [1.29, 1.82) is 0 Å². The van der Waals surface area contributed by atoms with E-state index in [-0.39, 0.29) is 0 Å². The minimum Gasteiger partial charge on any atom is -0.333 e. The summed E-state index contributed by atoms with van der Waals surface area (Å²) in [4.78, 5) is 4.34. The summed E-state index contributed by atoms with van der Waals surface area (Å²) in [5.41, 5.74) is 0. The van der Waals surface area contributed by atoms with Gasteiger partial charge in [0.15, 0.2) is 0 Å². The average molecular weight is 276 g/mol. The second-order valence-corrected chi connectivity index (χ2v) is 5.07. The van der Waals surface area contributed by atoms with E-state index in [0.717, 1.165) is 44.1 Å². The van der Waals surface area contributed by atoms with E-state index < -0.39 is 0 Å². The van der Waals surface area contributed by atoms with E-state index in [4.69, 9.17) is 0 Å². The first-order chi connectivity index (χ1) is 9.74. The van der Waals surface area contributed by atoms with Gasteiger partial charge in [0.05, 0.1) is 6.54 Å². The molecule has 0 aliphatic heterocycles.